The number of fused-ring (bicyclic) bond motifs is 2. The Labute approximate surface area is 754 Å². The maximum atomic E-state index is 14.9. The number of ketones is 1. The number of aromatic amines is 2. The fraction of sp³-hybridized carbons (Fsp3) is 0.452. The van der Waals surface area contributed by atoms with Crippen LogP contribution in [0, 0.1) is 41.5 Å². The van der Waals surface area contributed by atoms with Crippen molar-refractivity contribution < 1.29 is 103 Å². The van der Waals surface area contributed by atoms with Crippen molar-refractivity contribution in [1.82, 2.24) is 90.0 Å². The van der Waals surface area contributed by atoms with Crippen LogP contribution in [0.2, 0.25) is 0 Å². The summed E-state index contributed by atoms with van der Waals surface area (Å²) >= 11 is 0. The molecule has 4 aromatic heterocycles. The van der Waals surface area contributed by atoms with Gasteiger partial charge in [-0.2, -0.15) is 17.9 Å². The topological polar surface area (TPSA) is 629 Å². The molecule has 1 fully saturated rings. The molecule has 0 aliphatic carbocycles. The number of aromatic nitrogens is 6. The molecule has 131 heavy (non-hydrogen) atoms. The lowest BCUT2D eigenvalue weighted by atomic mass is 10.1. The zero-order valence-corrected chi connectivity index (χ0v) is 75.8. The van der Waals surface area contributed by atoms with Crippen LogP contribution in [0.1, 0.15) is 111 Å². The Balaban J connectivity index is 0.927. The van der Waals surface area contributed by atoms with Crippen LogP contribution < -0.4 is 62.8 Å². The number of imidazole rings is 2. The molecule has 6 amide bonds. The molecule has 0 saturated carbocycles. The number of carboxylic acids is 3. The van der Waals surface area contributed by atoms with Gasteiger partial charge in [0.2, 0.25) is 54.5 Å². The average molecular weight is 1880 g/mol. The number of carbonyl (C=O) groups is 10. The number of anilines is 2. The van der Waals surface area contributed by atoms with E-state index in [1.807, 2.05) is 0 Å². The minimum absolute atomic E-state index is 0.000365. The number of benzene rings is 4. The van der Waals surface area contributed by atoms with Crippen LogP contribution in [0.15, 0.2) is 117 Å². The number of rotatable bonds is 46. The van der Waals surface area contributed by atoms with E-state index in [2.05, 4.69) is 71.9 Å². The van der Waals surface area contributed by atoms with E-state index >= 15 is 0 Å². The van der Waals surface area contributed by atoms with Crippen LogP contribution in [0.5, 0.6) is 0 Å². The minimum atomic E-state index is -5.18. The predicted molar refractivity (Wildman–Crippen MR) is 479 cm³/mol. The van der Waals surface area contributed by atoms with Crippen molar-refractivity contribution in [3.8, 4) is 0 Å². The number of hydrogen-bond acceptors (Lipinski definition) is 28. The lowest BCUT2D eigenvalue weighted by molar-refractivity contribution is -0.139. The van der Waals surface area contributed by atoms with Gasteiger partial charge >= 0.3 is 17.9 Å². The van der Waals surface area contributed by atoms with Crippen molar-refractivity contribution >= 4 is 123 Å². The molecule has 710 valence electrons. The summed E-state index contributed by atoms with van der Waals surface area (Å²) in [4.78, 5) is 187. The smallest absolute Gasteiger partial charge is 0.323 e. The van der Waals surface area contributed by atoms with E-state index in [9.17, 15) is 113 Å². The first-order valence-corrected chi connectivity index (χ1v) is 46.6. The molecule has 5 atom stereocenters. The second-order valence-electron chi connectivity index (χ2n) is 32.0. The first-order valence-electron chi connectivity index (χ1n) is 42.0. The van der Waals surface area contributed by atoms with Crippen molar-refractivity contribution in [1.29, 1.82) is 0 Å². The number of aliphatic carboxylic acids is 3. The van der Waals surface area contributed by atoms with E-state index in [1.165, 1.54) is 49.1 Å². The van der Waals surface area contributed by atoms with Gasteiger partial charge in [-0.25, -0.2) is 26.8 Å². The summed E-state index contributed by atoms with van der Waals surface area (Å²) in [6, 6.07) is 6.74. The van der Waals surface area contributed by atoms with E-state index in [0.29, 0.717) is 50.8 Å². The number of sulfonamides is 2. The minimum Gasteiger partial charge on any atom is -0.480 e. The maximum absolute atomic E-state index is 14.9. The number of nitrogens with zero attached hydrogens (tertiary/aromatic N) is 8. The highest BCUT2D eigenvalue weighted by Crippen LogP contribution is 2.26. The van der Waals surface area contributed by atoms with Crippen molar-refractivity contribution in [2.45, 2.75) is 153 Å². The number of amides is 6. The number of nitrogens with one attached hydrogen (secondary N) is 12. The van der Waals surface area contributed by atoms with E-state index in [1.54, 1.807) is 120 Å². The largest absolute Gasteiger partial charge is 0.480 e. The van der Waals surface area contributed by atoms with Gasteiger partial charge in [-0.1, -0.05) is 54.4 Å². The summed E-state index contributed by atoms with van der Waals surface area (Å²) in [5.41, 5.74) is 1.96. The number of pyridine rings is 2. The molecule has 18 N–H and O–H groups in total. The Morgan fingerprint density at radius 2 is 0.924 bits per heavy atom. The molecule has 4 aromatic carbocycles. The lowest BCUT2D eigenvalue weighted by Crippen LogP contribution is -2.55. The normalized spacial score (nSPS) is 14.8. The molecule has 1 aliphatic heterocycles. The summed E-state index contributed by atoms with van der Waals surface area (Å²) < 4.78 is 98.1. The lowest BCUT2D eigenvalue weighted by Gasteiger charge is -2.32. The van der Waals surface area contributed by atoms with Gasteiger partial charge in [-0.3, -0.25) is 81.7 Å². The molecular formula is C84H112N20O24S3. The van der Waals surface area contributed by atoms with Crippen molar-refractivity contribution in [3.05, 3.63) is 174 Å². The van der Waals surface area contributed by atoms with Crippen molar-refractivity contribution in [2.24, 2.45) is 0 Å². The first kappa shape index (κ1) is 102. The van der Waals surface area contributed by atoms with Gasteiger partial charge in [0.1, 0.15) is 47.1 Å². The summed E-state index contributed by atoms with van der Waals surface area (Å²) in [6.45, 7) is 8.94. The molecular weight excluding hydrogens is 1770 g/mol. The number of aryl methyl sites for hydroxylation is 8. The Morgan fingerprint density at radius 1 is 0.496 bits per heavy atom. The number of Topliss-reactive ketones (excluding diaryl/α,β-unsaturated/α-hetero) is 1. The Bertz CT molecular complexity index is 5930. The highest BCUT2D eigenvalue weighted by atomic mass is 32.2. The SMILES string of the molecule is CC[C@H](NC(=O)CC[C@H](NC(=O)CN1CCN(CO)CCN(CO)CCN(CC(=O)O)CC1)C(=O)N[C@@H](CS(=O)(=O)O)C(=O)CCCn1cc(C(=O)NCC(NS(=O)(=O)c2c(C)cc(C)cc2C)C(=O)O)c(=O)c2ccc(CNc3ncc[nH]3)cc21)C(=O)NCCCn1cc(C(=O)NCC(NS(=O)(=O)c2c(C)cc(C)cc2C)C(=O)O)c(=O)c2ccc(CNc3ncc[nH]3)cc21. The quantitative estimate of drug-likeness (QED) is 0.0168. The molecule has 8 aromatic rings. The molecule has 5 heterocycles. The van der Waals surface area contributed by atoms with E-state index < -0.39 is 199 Å². The number of aliphatic hydroxyl groups is 2. The van der Waals surface area contributed by atoms with E-state index in [4.69, 9.17) is 0 Å². The zero-order chi connectivity index (χ0) is 95.8. The Morgan fingerprint density at radius 3 is 1.33 bits per heavy atom. The van der Waals surface area contributed by atoms with Gasteiger partial charge in [-0.05, 0) is 125 Å². The summed E-state index contributed by atoms with van der Waals surface area (Å²) in [6.07, 6.45) is 6.46. The molecule has 0 spiro atoms. The maximum Gasteiger partial charge on any atom is 0.323 e. The van der Waals surface area contributed by atoms with Gasteiger partial charge in [0.25, 0.3) is 21.9 Å². The van der Waals surface area contributed by atoms with Crippen LogP contribution in [-0.4, -0.2) is 298 Å². The molecule has 44 nitrogen and oxygen atoms in total. The third-order valence-corrected chi connectivity index (χ3v) is 26.1. The third kappa shape index (κ3) is 29.6. The van der Waals surface area contributed by atoms with E-state index in [-0.39, 0.29) is 137 Å². The van der Waals surface area contributed by atoms with Gasteiger partial charge < -0.3 is 87.2 Å². The van der Waals surface area contributed by atoms with Gasteiger partial charge in [0, 0.05) is 159 Å². The summed E-state index contributed by atoms with van der Waals surface area (Å²) in [5.74, 6) is -12.0. The Kier molecular flexibility index (Phi) is 36.8. The van der Waals surface area contributed by atoms with Gasteiger partial charge in [0.15, 0.2) is 17.7 Å². The second kappa shape index (κ2) is 47.0. The molecule has 0 bridgehead atoms. The molecule has 0 radical (unpaired) electrons. The third-order valence-electron chi connectivity index (χ3n) is 21.8. The Hall–Kier alpha value is -12.3. The van der Waals surface area contributed by atoms with Crippen LogP contribution >= 0.6 is 0 Å². The van der Waals surface area contributed by atoms with Gasteiger partial charge in [-0.15, -0.1) is 0 Å². The summed E-state index contributed by atoms with van der Waals surface area (Å²) in [5, 5.41) is 71.8. The predicted octanol–water partition coefficient (Wildman–Crippen LogP) is -0.546. The highest BCUT2D eigenvalue weighted by molar-refractivity contribution is 7.90. The first-order chi connectivity index (χ1) is 62.0. The van der Waals surface area contributed by atoms with Crippen LogP contribution in [0.4, 0.5) is 11.9 Å². The molecule has 1 aliphatic rings. The molecule has 1 saturated heterocycles. The van der Waals surface area contributed by atoms with Crippen molar-refractivity contribution in [3.63, 3.8) is 0 Å². The fourth-order valence-electron chi connectivity index (χ4n) is 15.3. The fourth-order valence-corrected chi connectivity index (χ4v) is 19.3. The molecule has 47 heteroatoms. The monoisotopic (exact) mass is 1880 g/mol. The standard InChI is InChI=1S/C84H112N20O24S3/c1-8-62(79(116)85-18-10-24-104-44-61(74(113)59-15-13-57(38-68(59)104)40-93-84-88-21-22-89-84)78(115)91-42-65(82(120)121)98-131(127,128)76-54(6)35-51(3)36-55(76)7)94-70(108)17-16-63(95-71(109)45-99-25-26-100(46-72(110)111)28-30-102(49-106)32-31-101(48-105)29-27-99)80(117)96-66(47-129(122,123)124)69(107)11-9-23-103-43-60(73(112)58-14-12-56(37-67(58)103)39-92-83-86-19-20-87-83)77(114)90-41-64(81(118)119)97-130(125,126)75-52(4)33-50(2)34-53(75)5/h12-15,19-22,33-38,43-44,62-66,97-98,105-106H,8-11,16-18,23-32,39-42,45-49H2,1-7H3,(H,85,116)(H,90,114)(H,91,115)(H,94,108)(H,95,109)(H,96,117)(H,110,111)(H,118,119)(H,120,121)(H2,86,87,92)(H2,88,89,93)(H,122,123,124)/t62-,63-,64?,65?,66-/m0/s1. The van der Waals surface area contributed by atoms with Crippen LogP contribution in [0.25, 0.3) is 21.8 Å². The average Bonchev–Trinajstić information content (AvgIpc) is 1.50. The highest BCUT2D eigenvalue weighted by Gasteiger charge is 2.35. The summed E-state index contributed by atoms with van der Waals surface area (Å²) in [7, 11) is -14.2. The number of aliphatic hydroxyl groups excluding tert-OH is 2. The number of hydrogen-bond donors (Lipinski definition) is 18. The van der Waals surface area contributed by atoms with Crippen LogP contribution in [0.3, 0.4) is 0 Å². The molecule has 9 rings (SSSR count). The zero-order valence-electron chi connectivity index (χ0n) is 73.3. The van der Waals surface area contributed by atoms with Crippen LogP contribution in [-0.2, 0) is 94.7 Å². The van der Waals surface area contributed by atoms with Gasteiger partial charge in [0.05, 0.1) is 47.4 Å². The van der Waals surface area contributed by atoms with E-state index in [0.717, 1.165) is 17.3 Å². The second-order valence-corrected chi connectivity index (χ2v) is 36.8. The van der Waals surface area contributed by atoms with Crippen molar-refractivity contribution in [2.75, 3.05) is 115 Å². The number of carboxylic acid groups (broad SMARTS) is 3. The number of H-pyrrole nitrogens is 2. The molecule has 2 unspecified atom stereocenters. The number of carbonyl (C=O) groups excluding carboxylic acids is 7.